The molecule has 2 rings (SSSR count). The Kier molecular flexibility index (Phi) is 6.79. The number of carbonyl (C=O) groups excluding carboxylic acids is 2. The summed E-state index contributed by atoms with van der Waals surface area (Å²) in [6.07, 6.45) is 3.31. The first-order valence-electron chi connectivity index (χ1n) is 7.97. The summed E-state index contributed by atoms with van der Waals surface area (Å²) in [5, 5.41) is 14.2. The molecule has 1 unspecified atom stereocenters. The second kappa shape index (κ2) is 9.04. The van der Waals surface area contributed by atoms with Crippen molar-refractivity contribution in [3.05, 3.63) is 36.2 Å². The minimum absolute atomic E-state index is 0.214. The number of carbonyl (C=O) groups is 3. The molecule has 26 heavy (non-hydrogen) atoms. The van der Waals surface area contributed by atoms with E-state index in [1.807, 2.05) is 0 Å². The van der Waals surface area contributed by atoms with Crippen molar-refractivity contribution < 1.29 is 23.9 Å². The second-order valence-electron chi connectivity index (χ2n) is 5.24. The average molecular weight is 377 g/mol. The summed E-state index contributed by atoms with van der Waals surface area (Å²) in [7, 11) is 0. The zero-order chi connectivity index (χ0) is 19.1. The quantitative estimate of drug-likeness (QED) is 0.603. The maximum absolute atomic E-state index is 11.8. The second-order valence-corrected chi connectivity index (χ2v) is 6.30. The number of hydrogen-bond acceptors (Lipinski definition) is 6. The van der Waals surface area contributed by atoms with Gasteiger partial charge < -0.3 is 20.2 Å². The predicted octanol–water partition coefficient (Wildman–Crippen LogP) is 3.29. The number of rotatable bonds is 8. The van der Waals surface area contributed by atoms with Crippen LogP contribution < -0.4 is 10.6 Å². The summed E-state index contributed by atoms with van der Waals surface area (Å²) in [6, 6.07) is 4.69. The predicted molar refractivity (Wildman–Crippen MR) is 97.0 cm³/mol. The number of oxazole rings is 1. The van der Waals surface area contributed by atoms with Crippen LogP contribution in [0.3, 0.4) is 0 Å². The molecular weight excluding hydrogens is 358 g/mol. The zero-order valence-corrected chi connectivity index (χ0v) is 15.1. The van der Waals surface area contributed by atoms with Crippen LogP contribution in [0.4, 0.5) is 11.4 Å². The lowest BCUT2D eigenvalue weighted by Gasteiger charge is -2.16. The van der Waals surface area contributed by atoms with Crippen LogP contribution in [-0.4, -0.2) is 27.9 Å². The molecule has 0 radical (unpaired) electrons. The van der Waals surface area contributed by atoms with Crippen molar-refractivity contribution >= 4 is 40.9 Å². The van der Waals surface area contributed by atoms with Gasteiger partial charge in [-0.15, -0.1) is 0 Å². The number of carboxylic acid groups (broad SMARTS) is 1. The average Bonchev–Trinajstić information content (AvgIpc) is 3.14. The van der Waals surface area contributed by atoms with Crippen molar-refractivity contribution in [1.29, 1.82) is 0 Å². The highest BCUT2D eigenvalue weighted by Gasteiger charge is 2.24. The number of thioether (sulfide) groups is 1. The van der Waals surface area contributed by atoms with E-state index >= 15 is 0 Å². The lowest BCUT2D eigenvalue weighted by Crippen LogP contribution is -2.16. The minimum atomic E-state index is -1.08. The molecule has 0 aliphatic carbocycles. The molecule has 8 nitrogen and oxygen atoms in total. The maximum atomic E-state index is 11.8. The summed E-state index contributed by atoms with van der Waals surface area (Å²) >= 11 is 0.937. The lowest BCUT2D eigenvalue weighted by molar-refractivity contribution is -0.136. The number of carboxylic acids is 1. The highest BCUT2D eigenvalue weighted by molar-refractivity contribution is 8.00. The van der Waals surface area contributed by atoms with E-state index in [9.17, 15) is 19.5 Å². The number of nitrogens with zero attached hydrogens (tertiary/aromatic N) is 1. The van der Waals surface area contributed by atoms with Crippen molar-refractivity contribution in [3.63, 3.8) is 0 Å². The molecule has 1 heterocycles. The Balaban J connectivity index is 2.37. The molecule has 2 aromatic rings. The van der Waals surface area contributed by atoms with Crippen LogP contribution in [0.15, 0.2) is 40.3 Å². The number of benzene rings is 1. The van der Waals surface area contributed by atoms with Gasteiger partial charge in [-0.1, -0.05) is 19.9 Å². The molecule has 2 amide bonds. The van der Waals surface area contributed by atoms with Crippen molar-refractivity contribution in [2.75, 3.05) is 10.6 Å². The van der Waals surface area contributed by atoms with Gasteiger partial charge >= 0.3 is 5.97 Å². The van der Waals surface area contributed by atoms with Crippen LogP contribution >= 0.6 is 11.8 Å². The molecule has 1 aromatic carbocycles. The van der Waals surface area contributed by atoms with Crippen LogP contribution in [-0.2, 0) is 14.4 Å². The summed E-state index contributed by atoms with van der Waals surface area (Å²) in [6.45, 7) is 3.41. The van der Waals surface area contributed by atoms with E-state index in [1.54, 1.807) is 26.0 Å². The van der Waals surface area contributed by atoms with E-state index < -0.39 is 11.2 Å². The standard InChI is InChI=1S/C17H19N3O5S/c1-3-13(21)19-11-6-5-10(9-12(11)20-14(22)4-2)15(16(23)24)26-17-18-7-8-25-17/h5-9,15H,3-4H2,1-2H3,(H,19,21)(H,20,22)(H,23,24). The van der Waals surface area contributed by atoms with Gasteiger partial charge in [-0.2, -0.15) is 0 Å². The van der Waals surface area contributed by atoms with Crippen LogP contribution in [0, 0.1) is 0 Å². The SMILES string of the molecule is CCC(=O)Nc1ccc(C(Sc2ncco2)C(=O)O)cc1NC(=O)CC. The van der Waals surface area contributed by atoms with Gasteiger partial charge in [0.1, 0.15) is 11.5 Å². The van der Waals surface area contributed by atoms with Crippen molar-refractivity contribution in [2.45, 2.75) is 37.2 Å². The summed E-state index contributed by atoms with van der Waals surface area (Å²) in [5.41, 5.74) is 1.18. The number of nitrogens with one attached hydrogen (secondary N) is 2. The van der Waals surface area contributed by atoms with E-state index in [4.69, 9.17) is 4.42 Å². The van der Waals surface area contributed by atoms with E-state index in [1.165, 1.54) is 18.5 Å². The third-order valence-electron chi connectivity index (χ3n) is 3.39. The molecule has 0 aliphatic heterocycles. The molecule has 0 saturated carbocycles. The van der Waals surface area contributed by atoms with Gasteiger partial charge in [0.25, 0.3) is 5.22 Å². The van der Waals surface area contributed by atoms with Crippen molar-refractivity contribution in [3.8, 4) is 0 Å². The van der Waals surface area contributed by atoms with Crippen LogP contribution in [0.1, 0.15) is 37.5 Å². The largest absolute Gasteiger partial charge is 0.480 e. The van der Waals surface area contributed by atoms with E-state index in [0.717, 1.165) is 11.8 Å². The fourth-order valence-electron chi connectivity index (χ4n) is 2.04. The molecule has 3 N–H and O–H groups in total. The highest BCUT2D eigenvalue weighted by Crippen LogP contribution is 2.37. The molecule has 138 valence electrons. The number of hydrogen-bond donors (Lipinski definition) is 3. The summed E-state index contributed by atoms with van der Waals surface area (Å²) < 4.78 is 5.10. The minimum Gasteiger partial charge on any atom is -0.480 e. The first-order valence-corrected chi connectivity index (χ1v) is 8.85. The fourth-order valence-corrected chi connectivity index (χ4v) is 2.86. The van der Waals surface area contributed by atoms with Gasteiger partial charge in [-0.25, -0.2) is 4.98 Å². The van der Waals surface area contributed by atoms with Crippen LogP contribution in [0.5, 0.6) is 0 Å². The third kappa shape index (κ3) is 5.09. The van der Waals surface area contributed by atoms with Crippen LogP contribution in [0.2, 0.25) is 0 Å². The monoisotopic (exact) mass is 377 g/mol. The van der Waals surface area contributed by atoms with E-state index in [2.05, 4.69) is 15.6 Å². The van der Waals surface area contributed by atoms with Gasteiger partial charge in [0.15, 0.2) is 0 Å². The molecule has 0 bridgehead atoms. The van der Waals surface area contributed by atoms with Crippen molar-refractivity contribution in [1.82, 2.24) is 4.98 Å². The van der Waals surface area contributed by atoms with E-state index in [-0.39, 0.29) is 29.9 Å². The Bertz CT molecular complexity index is 792. The van der Waals surface area contributed by atoms with Gasteiger partial charge in [-0.3, -0.25) is 14.4 Å². The molecule has 1 atom stereocenters. The zero-order valence-electron chi connectivity index (χ0n) is 14.3. The van der Waals surface area contributed by atoms with E-state index in [0.29, 0.717) is 16.9 Å². The Labute approximate surface area is 154 Å². The molecule has 0 fully saturated rings. The molecule has 9 heteroatoms. The van der Waals surface area contributed by atoms with Crippen molar-refractivity contribution in [2.24, 2.45) is 0 Å². The third-order valence-corrected chi connectivity index (χ3v) is 4.50. The van der Waals surface area contributed by atoms with Gasteiger partial charge in [0.05, 0.1) is 17.6 Å². The van der Waals surface area contributed by atoms with Crippen LogP contribution in [0.25, 0.3) is 0 Å². The summed E-state index contributed by atoms with van der Waals surface area (Å²) in [5.74, 6) is -1.54. The Morgan fingerprint density at radius 3 is 2.35 bits per heavy atom. The number of amides is 2. The molecular formula is C17H19N3O5S. The first-order chi connectivity index (χ1) is 12.4. The number of anilines is 2. The first kappa shape index (κ1) is 19.5. The highest BCUT2D eigenvalue weighted by atomic mass is 32.2. The molecule has 1 aromatic heterocycles. The van der Waals surface area contributed by atoms with Gasteiger partial charge in [0.2, 0.25) is 11.8 Å². The smallest absolute Gasteiger partial charge is 0.321 e. The number of aromatic nitrogens is 1. The lowest BCUT2D eigenvalue weighted by atomic mass is 10.1. The Morgan fingerprint density at radius 2 is 1.81 bits per heavy atom. The molecule has 0 aliphatic rings. The normalized spacial score (nSPS) is 11.6. The molecule has 0 saturated heterocycles. The number of aliphatic carboxylic acids is 1. The Morgan fingerprint density at radius 1 is 1.15 bits per heavy atom. The fraction of sp³-hybridized carbons (Fsp3) is 0.294. The Hall–Kier alpha value is -2.81. The topological polar surface area (TPSA) is 122 Å². The van der Waals surface area contributed by atoms with Gasteiger partial charge in [0, 0.05) is 12.8 Å². The molecule has 0 spiro atoms. The maximum Gasteiger partial charge on any atom is 0.321 e. The summed E-state index contributed by atoms with van der Waals surface area (Å²) in [4.78, 5) is 39.1. The van der Waals surface area contributed by atoms with Gasteiger partial charge in [-0.05, 0) is 29.5 Å².